The van der Waals surface area contributed by atoms with E-state index in [0.717, 1.165) is 13.0 Å². The molecule has 0 aliphatic carbocycles. The highest BCUT2D eigenvalue weighted by atomic mass is 32.2. The Bertz CT molecular complexity index is 488. The van der Waals surface area contributed by atoms with E-state index in [1.54, 1.807) is 6.92 Å². The average Bonchev–Trinajstić information content (AvgIpc) is 2.39. The number of sulfonamides is 1. The zero-order valence-electron chi connectivity index (χ0n) is 11.6. The largest absolute Gasteiger partial charge is 0.315 e. The number of benzene rings is 1. The van der Waals surface area contributed by atoms with E-state index >= 15 is 0 Å². The van der Waals surface area contributed by atoms with Crippen molar-refractivity contribution in [3.05, 3.63) is 30.1 Å². The van der Waals surface area contributed by atoms with Gasteiger partial charge in [0, 0.05) is 13.6 Å². The van der Waals surface area contributed by atoms with Crippen molar-refractivity contribution in [2.24, 2.45) is 0 Å². The van der Waals surface area contributed by atoms with Crippen molar-refractivity contribution < 1.29 is 12.8 Å². The van der Waals surface area contributed by atoms with Gasteiger partial charge in [0.25, 0.3) is 0 Å². The van der Waals surface area contributed by atoms with Gasteiger partial charge in [-0.1, -0.05) is 6.92 Å². The molecule has 0 saturated heterocycles. The highest BCUT2D eigenvalue weighted by molar-refractivity contribution is 7.93. The first-order chi connectivity index (χ1) is 8.89. The first kappa shape index (κ1) is 15.9. The topological polar surface area (TPSA) is 49.4 Å². The predicted octanol–water partition coefficient (Wildman–Crippen LogP) is 1.98. The van der Waals surface area contributed by atoms with Gasteiger partial charge in [-0.15, -0.1) is 0 Å². The molecule has 19 heavy (non-hydrogen) atoms. The van der Waals surface area contributed by atoms with Gasteiger partial charge in [-0.25, -0.2) is 12.8 Å². The molecule has 0 radical (unpaired) electrons. The molecule has 1 aromatic carbocycles. The van der Waals surface area contributed by atoms with Crippen molar-refractivity contribution in [1.29, 1.82) is 0 Å². The molecule has 0 amide bonds. The third-order valence-electron chi connectivity index (χ3n) is 2.94. The summed E-state index contributed by atoms with van der Waals surface area (Å²) in [4.78, 5) is 0. The molecule has 1 aromatic rings. The van der Waals surface area contributed by atoms with Crippen LogP contribution in [0, 0.1) is 5.82 Å². The summed E-state index contributed by atoms with van der Waals surface area (Å²) >= 11 is 0. The number of hydrogen-bond donors (Lipinski definition) is 1. The van der Waals surface area contributed by atoms with Gasteiger partial charge in [0.2, 0.25) is 10.0 Å². The lowest BCUT2D eigenvalue weighted by Gasteiger charge is -2.24. The molecule has 1 unspecified atom stereocenters. The van der Waals surface area contributed by atoms with E-state index in [9.17, 15) is 12.8 Å². The van der Waals surface area contributed by atoms with Gasteiger partial charge >= 0.3 is 0 Å². The van der Waals surface area contributed by atoms with Crippen LogP contribution in [-0.2, 0) is 10.0 Å². The SMILES string of the molecule is CCCNCC(C)S(=O)(=O)N(C)c1ccc(F)cc1. The van der Waals surface area contributed by atoms with E-state index in [2.05, 4.69) is 5.32 Å². The zero-order chi connectivity index (χ0) is 14.5. The lowest BCUT2D eigenvalue weighted by atomic mass is 10.3. The fraction of sp³-hybridized carbons (Fsp3) is 0.538. The van der Waals surface area contributed by atoms with Crippen LogP contribution in [-0.4, -0.2) is 33.8 Å². The van der Waals surface area contributed by atoms with Gasteiger partial charge < -0.3 is 5.32 Å². The molecule has 0 aromatic heterocycles. The normalized spacial score (nSPS) is 13.3. The third kappa shape index (κ3) is 4.18. The van der Waals surface area contributed by atoms with Crippen molar-refractivity contribution in [1.82, 2.24) is 5.32 Å². The predicted molar refractivity (Wildman–Crippen MR) is 76.3 cm³/mol. The Morgan fingerprint density at radius 2 is 1.89 bits per heavy atom. The van der Waals surface area contributed by atoms with Crippen LogP contribution in [0.1, 0.15) is 20.3 Å². The van der Waals surface area contributed by atoms with Gasteiger partial charge in [-0.05, 0) is 44.2 Å². The zero-order valence-corrected chi connectivity index (χ0v) is 12.4. The summed E-state index contributed by atoms with van der Waals surface area (Å²) in [6, 6.07) is 5.42. The van der Waals surface area contributed by atoms with Gasteiger partial charge in [-0.3, -0.25) is 4.31 Å². The van der Waals surface area contributed by atoms with Crippen molar-refractivity contribution in [2.75, 3.05) is 24.4 Å². The minimum Gasteiger partial charge on any atom is -0.315 e. The van der Waals surface area contributed by atoms with Crippen LogP contribution in [0.2, 0.25) is 0 Å². The minimum absolute atomic E-state index is 0.382. The maximum Gasteiger partial charge on any atom is 0.238 e. The number of rotatable bonds is 7. The summed E-state index contributed by atoms with van der Waals surface area (Å²) in [7, 11) is -1.95. The van der Waals surface area contributed by atoms with Gasteiger partial charge in [-0.2, -0.15) is 0 Å². The van der Waals surface area contributed by atoms with Crippen molar-refractivity contribution >= 4 is 15.7 Å². The van der Waals surface area contributed by atoms with Crippen LogP contribution >= 0.6 is 0 Å². The molecule has 4 nitrogen and oxygen atoms in total. The molecular formula is C13H21FN2O2S. The second kappa shape index (κ2) is 6.86. The van der Waals surface area contributed by atoms with Crippen LogP contribution in [0.15, 0.2) is 24.3 Å². The maximum absolute atomic E-state index is 12.8. The van der Waals surface area contributed by atoms with E-state index in [-0.39, 0.29) is 5.82 Å². The molecular weight excluding hydrogens is 267 g/mol. The van der Waals surface area contributed by atoms with Gasteiger partial charge in [0.15, 0.2) is 0 Å². The van der Waals surface area contributed by atoms with Crippen LogP contribution in [0.3, 0.4) is 0 Å². The van der Waals surface area contributed by atoms with Crippen LogP contribution in [0.4, 0.5) is 10.1 Å². The van der Waals surface area contributed by atoms with Crippen molar-refractivity contribution in [3.63, 3.8) is 0 Å². The summed E-state index contributed by atoms with van der Waals surface area (Å²) in [6.45, 7) is 4.89. The summed E-state index contributed by atoms with van der Waals surface area (Å²) in [5, 5.41) is 2.56. The Kier molecular flexibility index (Phi) is 5.75. The van der Waals surface area contributed by atoms with E-state index in [0.29, 0.717) is 12.2 Å². The highest BCUT2D eigenvalue weighted by Crippen LogP contribution is 2.19. The van der Waals surface area contributed by atoms with Gasteiger partial charge in [0.1, 0.15) is 5.82 Å². The quantitative estimate of drug-likeness (QED) is 0.781. The maximum atomic E-state index is 12.8. The van der Waals surface area contributed by atoms with Crippen molar-refractivity contribution in [2.45, 2.75) is 25.5 Å². The van der Waals surface area contributed by atoms with Crippen LogP contribution in [0.25, 0.3) is 0 Å². The lowest BCUT2D eigenvalue weighted by Crippen LogP contribution is -2.40. The molecule has 0 aliphatic rings. The molecule has 1 atom stereocenters. The summed E-state index contributed by atoms with van der Waals surface area (Å²) in [5.74, 6) is -0.382. The van der Waals surface area contributed by atoms with E-state index < -0.39 is 15.3 Å². The highest BCUT2D eigenvalue weighted by Gasteiger charge is 2.25. The fourth-order valence-electron chi connectivity index (χ4n) is 1.66. The van der Waals surface area contributed by atoms with E-state index in [1.165, 1.54) is 35.6 Å². The molecule has 6 heteroatoms. The van der Waals surface area contributed by atoms with Crippen LogP contribution < -0.4 is 9.62 Å². The second-order valence-electron chi connectivity index (χ2n) is 4.50. The number of nitrogens with zero attached hydrogens (tertiary/aromatic N) is 1. The number of anilines is 1. The first-order valence-corrected chi connectivity index (χ1v) is 7.84. The Morgan fingerprint density at radius 1 is 1.32 bits per heavy atom. The third-order valence-corrected chi connectivity index (χ3v) is 5.10. The molecule has 0 fully saturated rings. The smallest absolute Gasteiger partial charge is 0.238 e. The minimum atomic E-state index is -3.44. The standard InChI is InChI=1S/C13H21FN2O2S/c1-4-9-15-10-11(2)19(17,18)16(3)13-7-5-12(14)6-8-13/h5-8,11,15H,4,9-10H2,1-3H3. The van der Waals surface area contributed by atoms with Crippen molar-refractivity contribution in [3.8, 4) is 0 Å². The van der Waals surface area contributed by atoms with Crippen LogP contribution in [0.5, 0.6) is 0 Å². The molecule has 0 saturated carbocycles. The average molecular weight is 288 g/mol. The lowest BCUT2D eigenvalue weighted by molar-refractivity contribution is 0.569. The molecule has 108 valence electrons. The number of nitrogens with one attached hydrogen (secondary N) is 1. The Hall–Kier alpha value is -1.14. The number of hydrogen-bond acceptors (Lipinski definition) is 3. The molecule has 1 N–H and O–H groups in total. The summed E-state index contributed by atoms with van der Waals surface area (Å²) in [6.07, 6.45) is 0.959. The monoisotopic (exact) mass is 288 g/mol. The van der Waals surface area contributed by atoms with E-state index in [1.807, 2.05) is 6.92 Å². The second-order valence-corrected chi connectivity index (χ2v) is 6.89. The Balaban J connectivity index is 2.78. The van der Waals surface area contributed by atoms with E-state index in [4.69, 9.17) is 0 Å². The number of halogens is 1. The summed E-state index contributed by atoms with van der Waals surface area (Å²) < 4.78 is 38.6. The Labute approximate surface area is 114 Å². The first-order valence-electron chi connectivity index (χ1n) is 6.33. The molecule has 1 rings (SSSR count). The molecule has 0 spiro atoms. The molecule has 0 bridgehead atoms. The Morgan fingerprint density at radius 3 is 2.42 bits per heavy atom. The van der Waals surface area contributed by atoms with Gasteiger partial charge in [0.05, 0.1) is 10.9 Å². The summed E-state index contributed by atoms with van der Waals surface area (Å²) in [5.41, 5.74) is 0.462. The molecule has 0 aliphatic heterocycles. The fourth-order valence-corrected chi connectivity index (χ4v) is 2.94. The molecule has 0 heterocycles.